The maximum absolute atomic E-state index is 13.5. The molecule has 0 spiro atoms. The molecule has 0 radical (unpaired) electrons. The zero-order valence-corrected chi connectivity index (χ0v) is 17.9. The highest BCUT2D eigenvalue weighted by Crippen LogP contribution is 2.31. The first kappa shape index (κ1) is 21.3. The zero-order valence-electron chi connectivity index (χ0n) is 17.1. The van der Waals surface area contributed by atoms with Crippen LogP contribution >= 0.6 is 0 Å². The van der Waals surface area contributed by atoms with Crippen molar-refractivity contribution in [2.75, 3.05) is 25.6 Å². The number of benzene rings is 1. The van der Waals surface area contributed by atoms with Gasteiger partial charge < -0.3 is 14.2 Å². The van der Waals surface area contributed by atoms with Gasteiger partial charge in [0.25, 0.3) is 10.0 Å². The van der Waals surface area contributed by atoms with Crippen LogP contribution in [0.2, 0.25) is 0 Å². The van der Waals surface area contributed by atoms with Crippen molar-refractivity contribution in [2.45, 2.75) is 18.4 Å². The molecule has 2 aromatic heterocycles. The number of nitrogens with zero attached hydrogens (tertiary/aromatic N) is 4. The molecular weight excluding hydrogens is 408 g/mol. The maximum Gasteiger partial charge on any atom is 0.267 e. The van der Waals surface area contributed by atoms with Crippen LogP contribution in [0.25, 0.3) is 0 Å². The van der Waals surface area contributed by atoms with Gasteiger partial charge in [0.15, 0.2) is 0 Å². The van der Waals surface area contributed by atoms with Gasteiger partial charge >= 0.3 is 0 Å². The highest BCUT2D eigenvalue weighted by molar-refractivity contribution is 7.92. The van der Waals surface area contributed by atoms with E-state index in [1.165, 1.54) is 49.4 Å². The quantitative estimate of drug-likeness (QED) is 0.537. The average molecular weight is 430 g/mol. The summed E-state index contributed by atoms with van der Waals surface area (Å²) in [5.41, 5.74) is 1.22. The molecule has 1 aromatic carbocycles. The van der Waals surface area contributed by atoms with E-state index in [4.69, 9.17) is 14.2 Å². The first-order chi connectivity index (χ1) is 14.4. The van der Waals surface area contributed by atoms with Crippen molar-refractivity contribution in [3.8, 4) is 17.2 Å². The van der Waals surface area contributed by atoms with E-state index in [2.05, 4.69) is 15.0 Å². The largest absolute Gasteiger partial charge is 0.497 e. The zero-order chi connectivity index (χ0) is 21.7. The highest BCUT2D eigenvalue weighted by atomic mass is 32.2. The van der Waals surface area contributed by atoms with Crippen molar-refractivity contribution in [2.24, 2.45) is 0 Å². The number of hydrogen-bond donors (Lipinski definition) is 0. The van der Waals surface area contributed by atoms with Crippen molar-refractivity contribution in [1.29, 1.82) is 0 Å². The molecule has 2 heterocycles. The normalized spacial score (nSPS) is 11.1. The van der Waals surface area contributed by atoms with Crippen molar-refractivity contribution < 1.29 is 22.6 Å². The smallest absolute Gasteiger partial charge is 0.267 e. The minimum Gasteiger partial charge on any atom is -0.497 e. The number of sulfonamides is 1. The Morgan fingerprint density at radius 2 is 1.73 bits per heavy atom. The molecule has 3 rings (SSSR count). The Balaban J connectivity index is 2.10. The summed E-state index contributed by atoms with van der Waals surface area (Å²) >= 11 is 0. The van der Waals surface area contributed by atoms with E-state index in [0.29, 0.717) is 28.5 Å². The van der Waals surface area contributed by atoms with Crippen LogP contribution in [0.3, 0.4) is 0 Å². The number of anilines is 1. The summed E-state index contributed by atoms with van der Waals surface area (Å²) in [6.07, 6.45) is 4.06. The molecule has 0 N–H and O–H groups in total. The molecule has 0 aliphatic carbocycles. The number of methoxy groups -OCH3 is 3. The molecule has 0 saturated heterocycles. The SMILES string of the molecule is COc1ccc(CN(c2ccncn2)S(=O)(=O)c2cnc(C)c(OC)c2)c(OC)c1. The molecule has 158 valence electrons. The first-order valence-corrected chi connectivity index (χ1v) is 10.3. The van der Waals surface area contributed by atoms with Gasteiger partial charge in [-0.1, -0.05) is 0 Å². The second-order valence-corrected chi connectivity index (χ2v) is 8.08. The summed E-state index contributed by atoms with van der Waals surface area (Å²) in [5, 5.41) is 0. The Morgan fingerprint density at radius 1 is 0.967 bits per heavy atom. The summed E-state index contributed by atoms with van der Waals surface area (Å²) < 4.78 is 44.1. The van der Waals surface area contributed by atoms with Gasteiger partial charge in [0.2, 0.25) is 0 Å². The van der Waals surface area contributed by atoms with Gasteiger partial charge in [-0.05, 0) is 19.1 Å². The monoisotopic (exact) mass is 430 g/mol. The van der Waals surface area contributed by atoms with E-state index in [1.807, 2.05) is 0 Å². The molecule has 0 amide bonds. The number of hydrogen-bond acceptors (Lipinski definition) is 8. The standard InChI is InChI=1S/C20H22N4O5S/c1-14-18(28-3)10-17(11-22-14)30(25,26)24(20-7-8-21-13-23-20)12-15-5-6-16(27-2)9-19(15)29-4/h5-11,13H,12H2,1-4H3. The predicted octanol–water partition coefficient (Wildman–Crippen LogP) is 2.60. The molecule has 0 unspecified atom stereocenters. The second-order valence-electron chi connectivity index (χ2n) is 6.22. The fourth-order valence-corrected chi connectivity index (χ4v) is 4.19. The van der Waals surface area contributed by atoms with Gasteiger partial charge in [-0.2, -0.15) is 0 Å². The Bertz CT molecular complexity index is 1120. The van der Waals surface area contributed by atoms with Crippen molar-refractivity contribution in [1.82, 2.24) is 15.0 Å². The van der Waals surface area contributed by atoms with Crippen LogP contribution in [0.4, 0.5) is 5.82 Å². The van der Waals surface area contributed by atoms with Crippen molar-refractivity contribution in [3.05, 3.63) is 60.3 Å². The van der Waals surface area contributed by atoms with Gasteiger partial charge in [-0.25, -0.2) is 22.7 Å². The Morgan fingerprint density at radius 3 is 2.37 bits per heavy atom. The number of pyridine rings is 1. The number of aromatic nitrogens is 3. The fourth-order valence-electron chi connectivity index (χ4n) is 2.83. The van der Waals surface area contributed by atoms with Crippen LogP contribution in [0.5, 0.6) is 17.2 Å². The highest BCUT2D eigenvalue weighted by Gasteiger charge is 2.28. The van der Waals surface area contributed by atoms with Gasteiger partial charge in [0.05, 0.1) is 33.6 Å². The average Bonchev–Trinajstić information content (AvgIpc) is 2.78. The van der Waals surface area contributed by atoms with E-state index < -0.39 is 10.0 Å². The van der Waals surface area contributed by atoms with Crippen LogP contribution in [-0.2, 0) is 16.6 Å². The molecule has 3 aromatic rings. The van der Waals surface area contributed by atoms with Gasteiger partial charge in [-0.15, -0.1) is 0 Å². The van der Waals surface area contributed by atoms with E-state index in [1.54, 1.807) is 32.2 Å². The van der Waals surface area contributed by atoms with Crippen molar-refractivity contribution >= 4 is 15.8 Å². The third-order valence-corrected chi connectivity index (χ3v) is 6.17. The molecule has 0 aliphatic heterocycles. The lowest BCUT2D eigenvalue weighted by Crippen LogP contribution is -2.31. The van der Waals surface area contributed by atoms with Crippen LogP contribution in [0, 0.1) is 6.92 Å². The molecule has 10 heteroatoms. The molecule has 30 heavy (non-hydrogen) atoms. The predicted molar refractivity (Wildman–Crippen MR) is 110 cm³/mol. The third kappa shape index (κ3) is 4.28. The maximum atomic E-state index is 13.5. The number of ether oxygens (including phenoxy) is 3. The lowest BCUT2D eigenvalue weighted by molar-refractivity contribution is 0.391. The number of aryl methyl sites for hydroxylation is 1. The summed E-state index contributed by atoms with van der Waals surface area (Å²) in [5.74, 6) is 1.67. The topological polar surface area (TPSA) is 104 Å². The van der Waals surface area contributed by atoms with Crippen LogP contribution < -0.4 is 18.5 Å². The summed E-state index contributed by atoms with van der Waals surface area (Å²) in [4.78, 5) is 12.1. The second kappa shape index (κ2) is 8.95. The van der Waals surface area contributed by atoms with E-state index >= 15 is 0 Å². The first-order valence-electron chi connectivity index (χ1n) is 8.91. The van der Waals surface area contributed by atoms with E-state index in [9.17, 15) is 8.42 Å². The fraction of sp³-hybridized carbons (Fsp3) is 0.250. The van der Waals surface area contributed by atoms with Gasteiger partial charge in [0.1, 0.15) is 34.3 Å². The minimum atomic E-state index is -4.03. The van der Waals surface area contributed by atoms with E-state index in [0.717, 1.165) is 0 Å². The van der Waals surface area contributed by atoms with Crippen molar-refractivity contribution in [3.63, 3.8) is 0 Å². The Kier molecular flexibility index (Phi) is 6.36. The Labute approximate surface area is 175 Å². The minimum absolute atomic E-state index is 0.0176. The van der Waals surface area contributed by atoms with E-state index in [-0.39, 0.29) is 17.3 Å². The molecule has 0 bridgehead atoms. The molecule has 0 saturated carbocycles. The molecule has 0 fully saturated rings. The molecular formula is C20H22N4O5S. The lowest BCUT2D eigenvalue weighted by Gasteiger charge is -2.24. The summed E-state index contributed by atoms with van der Waals surface area (Å²) in [7, 11) is 0.491. The summed E-state index contributed by atoms with van der Waals surface area (Å²) in [6.45, 7) is 1.71. The van der Waals surface area contributed by atoms with Gasteiger partial charge in [0, 0.05) is 36.2 Å². The lowest BCUT2D eigenvalue weighted by atomic mass is 10.2. The molecule has 0 aliphatic rings. The van der Waals surface area contributed by atoms with Crippen LogP contribution in [-0.4, -0.2) is 44.7 Å². The third-order valence-electron chi connectivity index (χ3n) is 4.45. The van der Waals surface area contributed by atoms with Crippen LogP contribution in [0.1, 0.15) is 11.3 Å². The number of rotatable bonds is 8. The van der Waals surface area contributed by atoms with Gasteiger partial charge in [-0.3, -0.25) is 4.98 Å². The molecule has 0 atom stereocenters. The summed E-state index contributed by atoms with van der Waals surface area (Å²) in [6, 6.07) is 8.13. The molecule has 9 nitrogen and oxygen atoms in total. The van der Waals surface area contributed by atoms with Crippen LogP contribution in [0.15, 0.2) is 53.9 Å². The Hall–Kier alpha value is -3.40.